The molecule has 0 saturated heterocycles. The maximum absolute atomic E-state index is 13.1. The number of carboxylic acid groups (broad SMARTS) is 2. The Bertz CT molecular complexity index is 1330. The molecule has 0 fully saturated rings. The number of unbranched alkanes of at least 4 members (excludes halogenated alkanes) is 3. The van der Waals surface area contributed by atoms with Gasteiger partial charge in [0.15, 0.2) is 5.75 Å². The fraction of sp³-hybridized carbons (Fsp3) is 0.344. The minimum Gasteiger partial charge on any atom is -0.494 e. The minimum absolute atomic E-state index is 0.0342. The van der Waals surface area contributed by atoms with Crippen molar-refractivity contribution < 1.29 is 34.1 Å². The quantitative estimate of drug-likeness (QED) is 0.204. The number of carbonyl (C=O) groups excluding carboxylic acids is 1. The Morgan fingerprint density at radius 3 is 2.46 bits per heavy atom. The Kier molecular flexibility index (Phi) is 10.6. The lowest BCUT2D eigenvalue weighted by Crippen LogP contribution is -2.45. The summed E-state index contributed by atoms with van der Waals surface area (Å²) < 4.78 is 11.7. The molecule has 0 aromatic heterocycles. The molecule has 41 heavy (non-hydrogen) atoms. The minimum atomic E-state index is -1.15. The molecule has 3 aromatic carbocycles. The van der Waals surface area contributed by atoms with Gasteiger partial charge in [0.2, 0.25) is 6.10 Å². The largest absolute Gasteiger partial charge is 0.494 e. The summed E-state index contributed by atoms with van der Waals surface area (Å²) in [5.41, 5.74) is 2.69. The van der Waals surface area contributed by atoms with Crippen LogP contribution in [0.15, 0.2) is 72.8 Å². The van der Waals surface area contributed by atoms with E-state index in [1.54, 1.807) is 41.3 Å². The molecule has 1 aliphatic rings. The van der Waals surface area contributed by atoms with E-state index in [2.05, 4.69) is 29.6 Å². The molecule has 1 aliphatic heterocycles. The first-order valence-corrected chi connectivity index (χ1v) is 14.0. The summed E-state index contributed by atoms with van der Waals surface area (Å²) >= 11 is 0. The van der Waals surface area contributed by atoms with Gasteiger partial charge in [-0.3, -0.25) is 9.59 Å². The molecule has 1 amide bonds. The highest BCUT2D eigenvalue weighted by atomic mass is 16.5. The summed E-state index contributed by atoms with van der Waals surface area (Å²) in [6, 6.07) is 22.5. The van der Waals surface area contributed by atoms with E-state index in [1.807, 2.05) is 12.1 Å². The van der Waals surface area contributed by atoms with Crippen molar-refractivity contribution in [3.63, 3.8) is 0 Å². The smallest absolute Gasteiger partial charge is 0.346 e. The third-order valence-electron chi connectivity index (χ3n) is 6.89. The first kappa shape index (κ1) is 29.5. The van der Waals surface area contributed by atoms with Crippen molar-refractivity contribution in [3.05, 3.63) is 83.9 Å². The predicted molar refractivity (Wildman–Crippen MR) is 156 cm³/mol. The van der Waals surface area contributed by atoms with Gasteiger partial charge in [0.25, 0.3) is 5.91 Å². The molecular weight excluding hydrogens is 524 g/mol. The zero-order valence-corrected chi connectivity index (χ0v) is 23.0. The first-order chi connectivity index (χ1) is 19.9. The summed E-state index contributed by atoms with van der Waals surface area (Å²) in [7, 11) is 0. The molecule has 4 rings (SSSR count). The number of aryl methyl sites for hydroxylation is 1. The second-order valence-electron chi connectivity index (χ2n) is 10.0. The van der Waals surface area contributed by atoms with Crippen LogP contribution in [-0.2, 0) is 16.0 Å². The molecule has 1 atom stereocenters. The van der Waals surface area contributed by atoms with Gasteiger partial charge in [-0.1, -0.05) is 55.3 Å². The van der Waals surface area contributed by atoms with E-state index in [0.29, 0.717) is 42.3 Å². The van der Waals surface area contributed by atoms with E-state index in [9.17, 15) is 19.5 Å². The second kappa shape index (κ2) is 14.7. The van der Waals surface area contributed by atoms with Crippen LogP contribution >= 0.6 is 0 Å². The average molecular weight is 561 g/mol. The van der Waals surface area contributed by atoms with Crippen molar-refractivity contribution >= 4 is 29.2 Å². The molecule has 0 aliphatic carbocycles. The van der Waals surface area contributed by atoms with Gasteiger partial charge in [-0.2, -0.15) is 0 Å². The number of amides is 1. The topological polar surface area (TPSA) is 125 Å². The number of hydrogen-bond donors (Lipinski definition) is 3. The number of fused-ring (bicyclic) bond motifs is 1. The number of anilines is 2. The normalized spacial score (nSPS) is 14.0. The van der Waals surface area contributed by atoms with Crippen LogP contribution in [-0.4, -0.2) is 53.9 Å². The molecule has 9 heteroatoms. The van der Waals surface area contributed by atoms with Gasteiger partial charge in [0.05, 0.1) is 24.5 Å². The van der Waals surface area contributed by atoms with Crippen LogP contribution in [0.4, 0.5) is 11.4 Å². The van der Waals surface area contributed by atoms with Crippen LogP contribution < -0.4 is 19.7 Å². The summed E-state index contributed by atoms with van der Waals surface area (Å²) in [4.78, 5) is 37.6. The lowest BCUT2D eigenvalue weighted by Gasteiger charge is -2.35. The molecule has 0 saturated carbocycles. The molecule has 0 radical (unpaired) electrons. The number of benzene rings is 3. The lowest BCUT2D eigenvalue weighted by atomic mass is 10.1. The average Bonchev–Trinajstić information content (AvgIpc) is 2.97. The van der Waals surface area contributed by atoms with E-state index < -0.39 is 18.0 Å². The van der Waals surface area contributed by atoms with Gasteiger partial charge in [-0.05, 0) is 61.6 Å². The number of nitrogens with one attached hydrogen (secondary N) is 1. The summed E-state index contributed by atoms with van der Waals surface area (Å²) in [5.74, 6) is -1.60. The number of nitrogens with zero attached hydrogens (tertiary/aromatic N) is 1. The SMILES string of the molecule is O=C(O)CCCN1CC(C(=O)O)Oc2c(NC(=O)c3cccc(OCCCCCCc4ccccc4)c3)cccc21. The summed E-state index contributed by atoms with van der Waals surface area (Å²) in [5, 5.41) is 21.4. The Balaban J connectivity index is 1.32. The number of carbonyl (C=O) groups is 3. The Hall–Kier alpha value is -4.53. The van der Waals surface area contributed by atoms with Crippen LogP contribution in [0.5, 0.6) is 11.5 Å². The van der Waals surface area contributed by atoms with E-state index in [-0.39, 0.29) is 24.6 Å². The van der Waals surface area contributed by atoms with E-state index in [0.717, 1.165) is 32.1 Å². The van der Waals surface area contributed by atoms with Crippen molar-refractivity contribution in [2.45, 2.75) is 51.0 Å². The van der Waals surface area contributed by atoms with Gasteiger partial charge in [0, 0.05) is 18.5 Å². The highest BCUT2D eigenvalue weighted by Crippen LogP contribution is 2.40. The number of aliphatic carboxylic acids is 2. The molecule has 0 spiro atoms. The number of hydrogen-bond acceptors (Lipinski definition) is 6. The molecule has 1 unspecified atom stereocenters. The summed E-state index contributed by atoms with van der Waals surface area (Å²) in [6.45, 7) is 0.979. The van der Waals surface area contributed by atoms with E-state index in [1.165, 1.54) is 5.56 Å². The monoisotopic (exact) mass is 560 g/mol. The van der Waals surface area contributed by atoms with Crippen molar-refractivity contribution in [2.75, 3.05) is 29.9 Å². The van der Waals surface area contributed by atoms with Crippen LogP contribution in [0.2, 0.25) is 0 Å². The number of ether oxygens (including phenoxy) is 2. The number of rotatable bonds is 15. The maximum Gasteiger partial charge on any atom is 0.346 e. The van der Waals surface area contributed by atoms with Crippen molar-refractivity contribution in [1.82, 2.24) is 0 Å². The second-order valence-corrected chi connectivity index (χ2v) is 10.0. The Morgan fingerprint density at radius 2 is 1.68 bits per heavy atom. The first-order valence-electron chi connectivity index (χ1n) is 14.0. The molecule has 9 nitrogen and oxygen atoms in total. The molecule has 0 bridgehead atoms. The molecule has 216 valence electrons. The van der Waals surface area contributed by atoms with Gasteiger partial charge in [-0.15, -0.1) is 0 Å². The lowest BCUT2D eigenvalue weighted by molar-refractivity contribution is -0.145. The van der Waals surface area contributed by atoms with E-state index in [4.69, 9.17) is 14.6 Å². The highest BCUT2D eigenvalue weighted by Gasteiger charge is 2.32. The third-order valence-corrected chi connectivity index (χ3v) is 6.89. The predicted octanol–water partition coefficient (Wildman–Crippen LogP) is 5.64. The van der Waals surface area contributed by atoms with Crippen LogP contribution in [0.3, 0.4) is 0 Å². The number of carboxylic acids is 2. The molecular formula is C32H36N2O7. The highest BCUT2D eigenvalue weighted by molar-refractivity contribution is 6.06. The van der Waals surface area contributed by atoms with Crippen LogP contribution in [0.25, 0.3) is 0 Å². The number of para-hydroxylation sites is 1. The van der Waals surface area contributed by atoms with Crippen LogP contribution in [0, 0.1) is 0 Å². The van der Waals surface area contributed by atoms with Crippen molar-refractivity contribution in [3.8, 4) is 11.5 Å². The van der Waals surface area contributed by atoms with Crippen LogP contribution in [0.1, 0.15) is 54.4 Å². The zero-order valence-electron chi connectivity index (χ0n) is 23.0. The van der Waals surface area contributed by atoms with Gasteiger partial charge in [0.1, 0.15) is 5.75 Å². The fourth-order valence-corrected chi connectivity index (χ4v) is 4.78. The Labute approximate surface area is 239 Å². The summed E-state index contributed by atoms with van der Waals surface area (Å²) in [6.07, 6.45) is 4.49. The standard InChI is InChI=1S/C32H36N2O7/c35-29(36)18-10-19-34-22-28(32(38)39)41-30-26(16-9-17-27(30)34)33-31(37)24-14-8-15-25(21-24)40-20-7-2-1-4-11-23-12-5-3-6-13-23/h3,5-6,8-9,12-17,21,28H,1-2,4,7,10-11,18-20,22H2,(H,33,37)(H,35,36)(H,38,39). The van der Waals surface area contributed by atoms with Crippen molar-refractivity contribution in [1.29, 1.82) is 0 Å². The Morgan fingerprint density at radius 1 is 0.902 bits per heavy atom. The molecule has 1 heterocycles. The zero-order chi connectivity index (χ0) is 29.0. The van der Waals surface area contributed by atoms with Gasteiger partial charge >= 0.3 is 11.9 Å². The molecule has 3 aromatic rings. The van der Waals surface area contributed by atoms with Crippen molar-refractivity contribution in [2.24, 2.45) is 0 Å². The molecule has 3 N–H and O–H groups in total. The third kappa shape index (κ3) is 8.73. The fourth-order valence-electron chi connectivity index (χ4n) is 4.78. The maximum atomic E-state index is 13.1. The van der Waals surface area contributed by atoms with Gasteiger partial charge in [-0.25, -0.2) is 4.79 Å². The van der Waals surface area contributed by atoms with Gasteiger partial charge < -0.3 is 29.9 Å². The van der Waals surface area contributed by atoms with E-state index >= 15 is 0 Å².